The summed E-state index contributed by atoms with van der Waals surface area (Å²) in [7, 11) is 0. The number of amides is 2. The van der Waals surface area contributed by atoms with Gasteiger partial charge in [0, 0.05) is 12.8 Å². The summed E-state index contributed by atoms with van der Waals surface area (Å²) in [6.45, 7) is 1.63. The van der Waals surface area contributed by atoms with Crippen molar-refractivity contribution in [2.24, 2.45) is 0 Å². The SMILES string of the molecule is Cc1nc2cccc(NC(=O)CCl)c2c(=O)n1C1=C(O)NC(=O)CC1. The highest BCUT2D eigenvalue weighted by Crippen LogP contribution is 2.23. The van der Waals surface area contributed by atoms with Crippen LogP contribution < -0.4 is 16.2 Å². The number of alkyl halides is 1. The number of carbonyl (C=O) groups is 2. The molecule has 3 N–H and O–H groups in total. The molecule has 25 heavy (non-hydrogen) atoms. The van der Waals surface area contributed by atoms with Gasteiger partial charge in [-0.2, -0.15) is 0 Å². The minimum Gasteiger partial charge on any atom is -0.493 e. The number of aryl methyl sites for hydroxylation is 1. The van der Waals surface area contributed by atoms with Crippen molar-refractivity contribution in [2.45, 2.75) is 19.8 Å². The molecule has 2 aromatic rings. The lowest BCUT2D eigenvalue weighted by Gasteiger charge is -2.20. The van der Waals surface area contributed by atoms with Gasteiger partial charge in [-0.05, 0) is 19.1 Å². The molecule has 9 heteroatoms. The molecule has 1 aromatic heterocycles. The monoisotopic (exact) mass is 362 g/mol. The van der Waals surface area contributed by atoms with Gasteiger partial charge in [-0.1, -0.05) is 6.07 Å². The van der Waals surface area contributed by atoms with E-state index in [-0.39, 0.29) is 47.3 Å². The number of hydrogen-bond acceptors (Lipinski definition) is 5. The molecule has 130 valence electrons. The highest BCUT2D eigenvalue weighted by atomic mass is 35.5. The van der Waals surface area contributed by atoms with E-state index in [1.807, 2.05) is 0 Å². The average Bonchev–Trinajstić information content (AvgIpc) is 2.56. The van der Waals surface area contributed by atoms with Gasteiger partial charge in [0.25, 0.3) is 5.56 Å². The third kappa shape index (κ3) is 3.08. The number of aliphatic hydroxyl groups is 1. The number of nitrogens with zero attached hydrogens (tertiary/aromatic N) is 2. The number of rotatable bonds is 3. The van der Waals surface area contributed by atoms with E-state index in [1.165, 1.54) is 4.57 Å². The van der Waals surface area contributed by atoms with Crippen LogP contribution in [-0.2, 0) is 9.59 Å². The fourth-order valence-corrected chi connectivity index (χ4v) is 2.85. The number of halogens is 1. The molecule has 0 unspecified atom stereocenters. The van der Waals surface area contributed by atoms with Crippen molar-refractivity contribution in [2.75, 3.05) is 11.2 Å². The average molecular weight is 363 g/mol. The molecule has 0 aliphatic carbocycles. The smallest absolute Gasteiger partial charge is 0.268 e. The zero-order valence-electron chi connectivity index (χ0n) is 13.3. The molecule has 3 rings (SSSR count). The van der Waals surface area contributed by atoms with E-state index in [0.29, 0.717) is 11.3 Å². The van der Waals surface area contributed by atoms with Gasteiger partial charge in [-0.25, -0.2) is 4.98 Å². The van der Waals surface area contributed by atoms with Crippen molar-refractivity contribution >= 4 is 45.7 Å². The van der Waals surface area contributed by atoms with Crippen LogP contribution in [-0.4, -0.2) is 32.4 Å². The minimum absolute atomic E-state index is 0.147. The van der Waals surface area contributed by atoms with Crippen LogP contribution in [0.25, 0.3) is 16.6 Å². The second-order valence-corrected chi connectivity index (χ2v) is 5.79. The summed E-state index contributed by atoms with van der Waals surface area (Å²) < 4.78 is 1.24. The molecule has 0 bridgehead atoms. The Labute approximate surface area is 147 Å². The number of anilines is 1. The maximum Gasteiger partial charge on any atom is 0.268 e. The van der Waals surface area contributed by atoms with Gasteiger partial charge in [0.1, 0.15) is 11.7 Å². The third-order valence-corrected chi connectivity index (χ3v) is 4.09. The first-order chi connectivity index (χ1) is 11.9. The Bertz CT molecular complexity index is 980. The topological polar surface area (TPSA) is 113 Å². The van der Waals surface area contributed by atoms with Gasteiger partial charge in [-0.15, -0.1) is 11.6 Å². The van der Waals surface area contributed by atoms with Crippen molar-refractivity contribution in [3.63, 3.8) is 0 Å². The number of carbonyl (C=O) groups excluding carboxylic acids is 2. The molecule has 1 aliphatic heterocycles. The van der Waals surface area contributed by atoms with Crippen molar-refractivity contribution in [1.82, 2.24) is 14.9 Å². The number of allylic oxidation sites excluding steroid dienone is 1. The predicted molar refractivity (Wildman–Crippen MR) is 93.3 cm³/mol. The van der Waals surface area contributed by atoms with Crippen LogP contribution in [0, 0.1) is 6.92 Å². The van der Waals surface area contributed by atoms with Crippen LogP contribution >= 0.6 is 11.6 Å². The van der Waals surface area contributed by atoms with E-state index in [2.05, 4.69) is 15.6 Å². The lowest BCUT2D eigenvalue weighted by atomic mass is 10.1. The number of hydrogen-bond donors (Lipinski definition) is 3. The highest BCUT2D eigenvalue weighted by molar-refractivity contribution is 6.29. The van der Waals surface area contributed by atoms with Gasteiger partial charge in [0.2, 0.25) is 17.7 Å². The fourth-order valence-electron chi connectivity index (χ4n) is 2.78. The Morgan fingerprint density at radius 1 is 1.40 bits per heavy atom. The van der Waals surface area contributed by atoms with Gasteiger partial charge >= 0.3 is 0 Å². The largest absolute Gasteiger partial charge is 0.493 e. The Kier molecular flexibility index (Phi) is 4.45. The quantitative estimate of drug-likeness (QED) is 0.716. The predicted octanol–water partition coefficient (Wildman–Crippen LogP) is 1.48. The Morgan fingerprint density at radius 2 is 2.16 bits per heavy atom. The number of nitrogens with one attached hydrogen (secondary N) is 2. The van der Waals surface area contributed by atoms with Crippen LogP contribution in [0.5, 0.6) is 0 Å². The van der Waals surface area contributed by atoms with Crippen molar-refractivity contribution < 1.29 is 14.7 Å². The van der Waals surface area contributed by atoms with Crippen LogP contribution in [0.3, 0.4) is 0 Å². The summed E-state index contributed by atoms with van der Waals surface area (Å²) in [4.78, 5) is 40.4. The summed E-state index contributed by atoms with van der Waals surface area (Å²) in [5.74, 6) is -1.04. The van der Waals surface area contributed by atoms with Crippen molar-refractivity contribution in [3.8, 4) is 0 Å². The van der Waals surface area contributed by atoms with Crippen LogP contribution in [0.15, 0.2) is 28.9 Å². The van der Waals surface area contributed by atoms with E-state index in [0.717, 1.165) is 0 Å². The van der Waals surface area contributed by atoms with E-state index >= 15 is 0 Å². The lowest BCUT2D eigenvalue weighted by molar-refractivity contribution is -0.121. The first-order valence-corrected chi connectivity index (χ1v) is 8.06. The highest BCUT2D eigenvalue weighted by Gasteiger charge is 2.23. The molecule has 0 fully saturated rings. The van der Waals surface area contributed by atoms with E-state index in [4.69, 9.17) is 11.6 Å². The molecule has 0 spiro atoms. The maximum atomic E-state index is 13.0. The molecule has 2 heterocycles. The number of fused-ring (bicyclic) bond motifs is 1. The molecule has 0 atom stereocenters. The number of benzene rings is 1. The molecule has 0 radical (unpaired) electrons. The summed E-state index contributed by atoms with van der Waals surface area (Å²) in [5.41, 5.74) is 0.501. The second kappa shape index (κ2) is 6.56. The van der Waals surface area contributed by atoms with Crippen LogP contribution in [0.1, 0.15) is 18.7 Å². The first-order valence-electron chi connectivity index (χ1n) is 7.53. The van der Waals surface area contributed by atoms with Crippen molar-refractivity contribution in [3.05, 3.63) is 40.3 Å². The summed E-state index contributed by atoms with van der Waals surface area (Å²) in [6.07, 6.45) is 0.343. The molecular formula is C16H15ClN4O4. The number of aliphatic hydroxyl groups excluding tert-OH is 1. The zero-order valence-corrected chi connectivity index (χ0v) is 14.1. The molecule has 1 aliphatic rings. The molecular weight excluding hydrogens is 348 g/mol. The molecule has 1 aromatic carbocycles. The number of aromatic nitrogens is 2. The molecule has 0 saturated carbocycles. The van der Waals surface area contributed by atoms with Gasteiger partial charge in [0.05, 0.1) is 22.3 Å². The summed E-state index contributed by atoms with van der Waals surface area (Å²) in [6, 6.07) is 4.90. The molecule has 8 nitrogen and oxygen atoms in total. The Balaban J connectivity index is 2.26. The fraction of sp³-hybridized carbons (Fsp3) is 0.250. The Hall–Kier alpha value is -2.87. The van der Waals surface area contributed by atoms with Crippen LogP contribution in [0.4, 0.5) is 5.69 Å². The lowest BCUT2D eigenvalue weighted by Crippen LogP contribution is -2.33. The summed E-state index contributed by atoms with van der Waals surface area (Å²) in [5, 5.41) is 15.1. The van der Waals surface area contributed by atoms with Crippen molar-refractivity contribution in [1.29, 1.82) is 0 Å². The maximum absolute atomic E-state index is 13.0. The van der Waals surface area contributed by atoms with Gasteiger partial charge < -0.3 is 10.4 Å². The standard InChI is InChI=1S/C16H15ClN4O4/c1-8-18-9-3-2-4-10(19-13(23)7-17)14(9)16(25)21(8)11-5-6-12(22)20-15(11)24/h2-4,24H,5-7H2,1H3,(H,19,23)(H,20,22). The van der Waals surface area contributed by atoms with Crippen LogP contribution in [0.2, 0.25) is 0 Å². The Morgan fingerprint density at radius 3 is 2.84 bits per heavy atom. The van der Waals surface area contributed by atoms with Gasteiger partial charge in [0.15, 0.2) is 0 Å². The first kappa shape index (κ1) is 17.0. The van der Waals surface area contributed by atoms with Gasteiger partial charge in [-0.3, -0.25) is 24.3 Å². The van der Waals surface area contributed by atoms with E-state index in [1.54, 1.807) is 25.1 Å². The normalized spacial score (nSPS) is 14.6. The summed E-state index contributed by atoms with van der Waals surface area (Å²) >= 11 is 5.51. The second-order valence-electron chi connectivity index (χ2n) is 5.52. The molecule has 0 saturated heterocycles. The zero-order chi connectivity index (χ0) is 18.1. The minimum atomic E-state index is -0.453. The van der Waals surface area contributed by atoms with E-state index in [9.17, 15) is 19.5 Å². The molecule has 2 amide bonds. The van der Waals surface area contributed by atoms with E-state index < -0.39 is 11.5 Å². The third-order valence-electron chi connectivity index (χ3n) is 3.85.